The van der Waals surface area contributed by atoms with Crippen LogP contribution in [0.25, 0.3) is 21.3 Å². The molecule has 5 rings (SSSR count). The van der Waals surface area contributed by atoms with Gasteiger partial charge in [-0.25, -0.2) is 0 Å². The second-order valence-electron chi connectivity index (χ2n) is 9.14. The standard InChI is InChI=1S/C26H28ClN3O3S/c1-15-11-16(27)12-21(25(15)33-18-5-3-17(28-2)4-6-18)20-9-10-29-22-13-19(34-26(20)22)14-30-23(31)7-8-24(30)32/h9-13,17-18,28H,3-8,14H2,1-2H3. The van der Waals surface area contributed by atoms with Crippen molar-refractivity contribution in [1.82, 2.24) is 15.2 Å². The number of thiophene rings is 1. The van der Waals surface area contributed by atoms with Gasteiger partial charge < -0.3 is 10.1 Å². The van der Waals surface area contributed by atoms with Crippen molar-refractivity contribution in [1.29, 1.82) is 0 Å². The Kier molecular flexibility index (Phi) is 6.60. The highest BCUT2D eigenvalue weighted by molar-refractivity contribution is 7.19. The predicted molar refractivity (Wildman–Crippen MR) is 135 cm³/mol. The number of fused-ring (bicyclic) bond motifs is 1. The number of ether oxygens (including phenoxy) is 1. The van der Waals surface area contributed by atoms with Gasteiger partial charge in [-0.1, -0.05) is 11.6 Å². The van der Waals surface area contributed by atoms with Gasteiger partial charge in [-0.15, -0.1) is 11.3 Å². The minimum atomic E-state index is -0.107. The van der Waals surface area contributed by atoms with Crippen molar-refractivity contribution in [3.05, 3.63) is 45.9 Å². The summed E-state index contributed by atoms with van der Waals surface area (Å²) in [4.78, 5) is 31.0. The van der Waals surface area contributed by atoms with Crippen LogP contribution in [-0.4, -0.2) is 40.9 Å². The van der Waals surface area contributed by atoms with Crippen molar-refractivity contribution in [2.45, 2.75) is 64.1 Å². The van der Waals surface area contributed by atoms with Crippen LogP contribution in [0.5, 0.6) is 5.75 Å². The number of pyridine rings is 1. The largest absolute Gasteiger partial charge is 0.490 e. The number of aromatic nitrogens is 1. The molecule has 0 radical (unpaired) electrons. The summed E-state index contributed by atoms with van der Waals surface area (Å²) in [6.07, 6.45) is 6.79. The fraction of sp³-hybridized carbons (Fsp3) is 0.423. The van der Waals surface area contributed by atoms with Crippen LogP contribution in [0.15, 0.2) is 30.5 Å². The number of nitrogens with zero attached hydrogens (tertiary/aromatic N) is 2. The zero-order valence-electron chi connectivity index (χ0n) is 19.4. The number of hydrogen-bond donors (Lipinski definition) is 1. The lowest BCUT2D eigenvalue weighted by molar-refractivity contribution is -0.138. The van der Waals surface area contributed by atoms with Gasteiger partial charge in [0.2, 0.25) is 11.8 Å². The van der Waals surface area contributed by atoms with Gasteiger partial charge in [-0.05, 0) is 69.5 Å². The minimum Gasteiger partial charge on any atom is -0.490 e. The monoisotopic (exact) mass is 497 g/mol. The van der Waals surface area contributed by atoms with Crippen molar-refractivity contribution < 1.29 is 14.3 Å². The molecule has 1 N–H and O–H groups in total. The summed E-state index contributed by atoms with van der Waals surface area (Å²) in [5.74, 6) is 0.652. The molecule has 2 amide bonds. The van der Waals surface area contributed by atoms with Crippen molar-refractivity contribution in [2.75, 3.05) is 7.05 Å². The molecular weight excluding hydrogens is 470 g/mol. The van der Waals surface area contributed by atoms with Crippen LogP contribution in [0.3, 0.4) is 0 Å². The van der Waals surface area contributed by atoms with E-state index in [1.54, 1.807) is 17.5 Å². The van der Waals surface area contributed by atoms with E-state index in [0.717, 1.165) is 63.2 Å². The molecule has 2 aromatic heterocycles. The Morgan fingerprint density at radius 2 is 1.85 bits per heavy atom. The van der Waals surface area contributed by atoms with E-state index >= 15 is 0 Å². The summed E-state index contributed by atoms with van der Waals surface area (Å²) in [6.45, 7) is 2.33. The molecule has 0 spiro atoms. The Balaban J connectivity index is 1.50. The van der Waals surface area contributed by atoms with E-state index in [9.17, 15) is 9.59 Å². The van der Waals surface area contributed by atoms with E-state index in [0.29, 0.717) is 30.5 Å². The summed E-state index contributed by atoms with van der Waals surface area (Å²) >= 11 is 8.06. The molecular formula is C26H28ClN3O3S. The maximum atomic E-state index is 12.1. The molecule has 8 heteroatoms. The number of imide groups is 1. The lowest BCUT2D eigenvalue weighted by atomic mass is 9.93. The van der Waals surface area contributed by atoms with E-state index in [1.807, 2.05) is 38.2 Å². The number of carbonyl (C=O) groups is 2. The fourth-order valence-electron chi connectivity index (χ4n) is 4.96. The smallest absolute Gasteiger partial charge is 0.230 e. The lowest BCUT2D eigenvalue weighted by Crippen LogP contribution is -2.34. The first kappa shape index (κ1) is 23.3. The molecule has 3 heterocycles. The number of likely N-dealkylation sites (tertiary alicyclic amines) is 1. The van der Waals surface area contributed by atoms with Gasteiger partial charge in [0, 0.05) is 46.1 Å². The molecule has 0 unspecified atom stereocenters. The average molecular weight is 498 g/mol. The molecule has 1 saturated heterocycles. The zero-order valence-corrected chi connectivity index (χ0v) is 21.0. The first-order valence-corrected chi connectivity index (χ1v) is 13.0. The van der Waals surface area contributed by atoms with E-state index < -0.39 is 0 Å². The Bertz CT molecular complexity index is 1230. The fourth-order valence-corrected chi connectivity index (χ4v) is 6.36. The third-order valence-electron chi connectivity index (χ3n) is 6.83. The highest BCUT2D eigenvalue weighted by atomic mass is 35.5. The van der Waals surface area contributed by atoms with Gasteiger partial charge in [0.15, 0.2) is 0 Å². The van der Waals surface area contributed by atoms with Gasteiger partial charge in [0.25, 0.3) is 0 Å². The van der Waals surface area contributed by atoms with Crippen LogP contribution in [-0.2, 0) is 16.1 Å². The van der Waals surface area contributed by atoms with Crippen LogP contribution in [0.1, 0.15) is 49.0 Å². The normalized spacial score (nSPS) is 21.0. The molecule has 2 aliphatic rings. The van der Waals surface area contributed by atoms with Crippen LogP contribution in [0.4, 0.5) is 0 Å². The molecule has 0 atom stereocenters. The third kappa shape index (κ3) is 4.57. The number of halogens is 1. The van der Waals surface area contributed by atoms with Gasteiger partial charge in [0.05, 0.1) is 22.9 Å². The molecule has 1 saturated carbocycles. The van der Waals surface area contributed by atoms with Crippen LogP contribution in [0, 0.1) is 6.92 Å². The number of aryl methyl sites for hydroxylation is 1. The molecule has 1 aromatic carbocycles. The molecule has 178 valence electrons. The SMILES string of the molecule is CNC1CCC(Oc2c(C)cc(Cl)cc2-c2ccnc3cc(CN4C(=O)CCC4=O)sc23)CC1. The summed E-state index contributed by atoms with van der Waals surface area (Å²) in [5, 5.41) is 4.03. The van der Waals surface area contributed by atoms with E-state index in [-0.39, 0.29) is 17.9 Å². The number of carbonyl (C=O) groups excluding carboxylic acids is 2. The minimum absolute atomic E-state index is 0.107. The molecule has 34 heavy (non-hydrogen) atoms. The van der Waals surface area contributed by atoms with Gasteiger partial charge in [-0.3, -0.25) is 19.5 Å². The summed E-state index contributed by atoms with van der Waals surface area (Å²) in [6, 6.07) is 8.43. The predicted octanol–water partition coefficient (Wildman–Crippen LogP) is 5.48. The van der Waals surface area contributed by atoms with Crippen molar-refractivity contribution in [3.63, 3.8) is 0 Å². The third-order valence-corrected chi connectivity index (χ3v) is 8.19. The number of nitrogens with one attached hydrogen (secondary N) is 1. The number of benzene rings is 1. The highest BCUT2D eigenvalue weighted by Crippen LogP contribution is 2.42. The van der Waals surface area contributed by atoms with Crippen molar-refractivity contribution in [2.24, 2.45) is 0 Å². The van der Waals surface area contributed by atoms with E-state index in [4.69, 9.17) is 16.3 Å². The quantitative estimate of drug-likeness (QED) is 0.456. The Morgan fingerprint density at radius 1 is 1.12 bits per heavy atom. The highest BCUT2D eigenvalue weighted by Gasteiger charge is 2.29. The summed E-state index contributed by atoms with van der Waals surface area (Å²) in [5.41, 5.74) is 3.81. The van der Waals surface area contributed by atoms with Crippen LogP contribution >= 0.6 is 22.9 Å². The first-order valence-electron chi connectivity index (χ1n) is 11.8. The van der Waals surface area contributed by atoms with Crippen molar-refractivity contribution >= 4 is 45.0 Å². The first-order chi connectivity index (χ1) is 16.4. The Labute approximate surface area is 208 Å². The van der Waals surface area contributed by atoms with Gasteiger partial charge in [-0.2, -0.15) is 0 Å². The maximum Gasteiger partial charge on any atom is 0.230 e. The number of rotatable bonds is 6. The second-order valence-corrected chi connectivity index (χ2v) is 10.7. The molecule has 3 aromatic rings. The Morgan fingerprint density at radius 3 is 2.56 bits per heavy atom. The van der Waals surface area contributed by atoms with E-state index in [1.165, 1.54) is 4.90 Å². The molecule has 6 nitrogen and oxygen atoms in total. The number of amides is 2. The Hall–Kier alpha value is -2.48. The van der Waals surface area contributed by atoms with Crippen LogP contribution < -0.4 is 10.1 Å². The topological polar surface area (TPSA) is 71.5 Å². The van der Waals surface area contributed by atoms with Gasteiger partial charge >= 0.3 is 0 Å². The molecule has 1 aliphatic carbocycles. The summed E-state index contributed by atoms with van der Waals surface area (Å²) in [7, 11) is 2.02. The molecule has 0 bridgehead atoms. The summed E-state index contributed by atoms with van der Waals surface area (Å²) < 4.78 is 7.61. The number of hydrogen-bond acceptors (Lipinski definition) is 6. The molecule has 2 fully saturated rings. The lowest BCUT2D eigenvalue weighted by Gasteiger charge is -2.30. The second kappa shape index (κ2) is 9.64. The van der Waals surface area contributed by atoms with Gasteiger partial charge in [0.1, 0.15) is 5.75 Å². The molecule has 1 aliphatic heterocycles. The zero-order chi connectivity index (χ0) is 23.8. The van der Waals surface area contributed by atoms with Crippen molar-refractivity contribution in [3.8, 4) is 16.9 Å². The maximum absolute atomic E-state index is 12.1. The average Bonchev–Trinajstić information content (AvgIpc) is 3.39. The van der Waals surface area contributed by atoms with E-state index in [2.05, 4.69) is 10.3 Å². The van der Waals surface area contributed by atoms with Crippen LogP contribution in [0.2, 0.25) is 5.02 Å².